The van der Waals surface area contributed by atoms with Crippen molar-refractivity contribution in [2.24, 2.45) is 11.7 Å². The predicted molar refractivity (Wildman–Crippen MR) is 68.9 cm³/mol. The summed E-state index contributed by atoms with van der Waals surface area (Å²) < 4.78 is 0. The first-order valence-electron chi connectivity index (χ1n) is 6.84. The molecule has 1 saturated carbocycles. The van der Waals surface area contributed by atoms with E-state index in [4.69, 9.17) is 5.73 Å². The topological polar surface area (TPSA) is 66.6 Å². The Kier molecular flexibility index (Phi) is 5.92. The van der Waals surface area contributed by atoms with Gasteiger partial charge in [-0.3, -0.25) is 9.69 Å². The molecule has 3 N–H and O–H groups in total. The van der Waals surface area contributed by atoms with Gasteiger partial charge in [0.2, 0.25) is 0 Å². The fourth-order valence-corrected chi connectivity index (χ4v) is 3.12. The molecule has 0 amide bonds. The largest absolute Gasteiger partial charge is 0.480 e. The molecule has 1 fully saturated rings. The van der Waals surface area contributed by atoms with Crippen molar-refractivity contribution < 1.29 is 9.90 Å². The van der Waals surface area contributed by atoms with E-state index in [2.05, 4.69) is 11.8 Å². The van der Waals surface area contributed by atoms with Crippen LogP contribution in [-0.4, -0.2) is 41.1 Å². The fourth-order valence-electron chi connectivity index (χ4n) is 3.12. The molecule has 0 heterocycles. The van der Waals surface area contributed by atoms with Gasteiger partial charge in [-0.25, -0.2) is 0 Å². The highest BCUT2D eigenvalue weighted by Gasteiger charge is 2.36. The van der Waals surface area contributed by atoms with Gasteiger partial charge in [-0.05, 0) is 38.3 Å². The summed E-state index contributed by atoms with van der Waals surface area (Å²) in [5.41, 5.74) is 5.79. The average molecular weight is 242 g/mol. The third-order valence-corrected chi connectivity index (χ3v) is 3.96. The molecule has 0 aromatic heterocycles. The van der Waals surface area contributed by atoms with Crippen LogP contribution < -0.4 is 5.73 Å². The van der Waals surface area contributed by atoms with Gasteiger partial charge in [0, 0.05) is 6.04 Å². The first-order valence-corrected chi connectivity index (χ1v) is 6.84. The SMILES string of the molecule is CCCC(C(=O)O)N(CC)C1CCCC1CN. The van der Waals surface area contributed by atoms with Crippen LogP contribution in [0.1, 0.15) is 46.0 Å². The Labute approximate surface area is 104 Å². The Morgan fingerprint density at radius 3 is 2.65 bits per heavy atom. The maximum atomic E-state index is 11.4. The maximum Gasteiger partial charge on any atom is 0.320 e. The molecule has 4 nitrogen and oxygen atoms in total. The number of carbonyl (C=O) groups is 1. The number of carboxylic acids is 1. The van der Waals surface area contributed by atoms with Gasteiger partial charge < -0.3 is 10.8 Å². The minimum atomic E-state index is -0.684. The molecule has 17 heavy (non-hydrogen) atoms. The Morgan fingerprint density at radius 1 is 1.47 bits per heavy atom. The average Bonchev–Trinajstić information content (AvgIpc) is 2.77. The van der Waals surface area contributed by atoms with E-state index < -0.39 is 5.97 Å². The van der Waals surface area contributed by atoms with Crippen LogP contribution in [0.3, 0.4) is 0 Å². The third-order valence-electron chi connectivity index (χ3n) is 3.96. The highest BCUT2D eigenvalue weighted by Crippen LogP contribution is 2.31. The highest BCUT2D eigenvalue weighted by atomic mass is 16.4. The van der Waals surface area contributed by atoms with Crippen LogP contribution in [0.4, 0.5) is 0 Å². The van der Waals surface area contributed by atoms with E-state index in [1.165, 1.54) is 6.42 Å². The Bertz CT molecular complexity index is 246. The normalized spacial score (nSPS) is 26.4. The molecule has 1 aliphatic rings. The second kappa shape index (κ2) is 6.97. The second-order valence-electron chi connectivity index (χ2n) is 4.97. The number of aliphatic carboxylic acids is 1. The van der Waals surface area contributed by atoms with Crippen molar-refractivity contribution in [2.75, 3.05) is 13.1 Å². The number of nitrogens with zero attached hydrogens (tertiary/aromatic N) is 1. The van der Waals surface area contributed by atoms with Gasteiger partial charge in [-0.1, -0.05) is 26.7 Å². The lowest BCUT2D eigenvalue weighted by Gasteiger charge is -2.36. The van der Waals surface area contributed by atoms with E-state index >= 15 is 0 Å². The first kappa shape index (κ1) is 14.5. The molecule has 0 aliphatic heterocycles. The van der Waals surface area contributed by atoms with Crippen LogP contribution in [0.25, 0.3) is 0 Å². The molecule has 4 heteroatoms. The number of likely N-dealkylation sites (N-methyl/N-ethyl adjacent to an activating group) is 1. The Morgan fingerprint density at radius 2 is 2.18 bits per heavy atom. The summed E-state index contributed by atoms with van der Waals surface area (Å²) in [7, 11) is 0. The molecule has 1 aliphatic carbocycles. The zero-order valence-electron chi connectivity index (χ0n) is 11.1. The number of hydrogen-bond acceptors (Lipinski definition) is 3. The summed E-state index contributed by atoms with van der Waals surface area (Å²) in [6, 6.07) is 0.0415. The monoisotopic (exact) mass is 242 g/mol. The number of rotatable bonds is 7. The summed E-state index contributed by atoms with van der Waals surface area (Å²) >= 11 is 0. The van der Waals surface area contributed by atoms with E-state index in [1.807, 2.05) is 6.92 Å². The molecular weight excluding hydrogens is 216 g/mol. The van der Waals surface area contributed by atoms with Crippen molar-refractivity contribution in [3.05, 3.63) is 0 Å². The van der Waals surface area contributed by atoms with Crippen LogP contribution in [0.2, 0.25) is 0 Å². The number of carboxylic acid groups (broad SMARTS) is 1. The van der Waals surface area contributed by atoms with Crippen molar-refractivity contribution in [1.82, 2.24) is 4.90 Å². The van der Waals surface area contributed by atoms with Crippen molar-refractivity contribution in [3.63, 3.8) is 0 Å². The number of hydrogen-bond donors (Lipinski definition) is 2. The van der Waals surface area contributed by atoms with Gasteiger partial charge in [0.1, 0.15) is 6.04 Å². The van der Waals surface area contributed by atoms with Crippen molar-refractivity contribution in [2.45, 2.75) is 58.0 Å². The van der Waals surface area contributed by atoms with Crippen molar-refractivity contribution >= 4 is 5.97 Å². The summed E-state index contributed by atoms with van der Waals surface area (Å²) in [6.45, 7) is 5.58. The molecule has 3 atom stereocenters. The molecule has 1 rings (SSSR count). The van der Waals surface area contributed by atoms with E-state index in [0.717, 1.165) is 32.2 Å². The molecular formula is C13H26N2O2. The summed E-state index contributed by atoms with van der Waals surface area (Å²) in [5.74, 6) is -0.204. The Balaban J connectivity index is 2.76. The van der Waals surface area contributed by atoms with E-state index in [9.17, 15) is 9.90 Å². The van der Waals surface area contributed by atoms with Crippen LogP contribution in [0.5, 0.6) is 0 Å². The van der Waals surface area contributed by atoms with Crippen molar-refractivity contribution in [3.8, 4) is 0 Å². The van der Waals surface area contributed by atoms with E-state index in [1.54, 1.807) is 0 Å². The standard InChI is InChI=1S/C13H26N2O2/c1-3-6-12(13(16)17)15(4-2)11-8-5-7-10(11)9-14/h10-12H,3-9,14H2,1-2H3,(H,16,17). The first-order chi connectivity index (χ1) is 8.15. The summed E-state index contributed by atoms with van der Waals surface area (Å²) in [6.07, 6.45) is 5.07. The van der Waals surface area contributed by atoms with Gasteiger partial charge in [0.05, 0.1) is 0 Å². The maximum absolute atomic E-state index is 11.4. The zero-order chi connectivity index (χ0) is 12.8. The molecule has 0 saturated heterocycles. The minimum absolute atomic E-state index is 0.331. The molecule has 100 valence electrons. The lowest BCUT2D eigenvalue weighted by molar-refractivity contribution is -0.145. The summed E-state index contributed by atoms with van der Waals surface area (Å²) in [4.78, 5) is 13.5. The minimum Gasteiger partial charge on any atom is -0.480 e. The van der Waals surface area contributed by atoms with Crippen LogP contribution in [0, 0.1) is 5.92 Å². The molecule has 0 aromatic carbocycles. The van der Waals surface area contributed by atoms with Crippen LogP contribution >= 0.6 is 0 Å². The second-order valence-corrected chi connectivity index (χ2v) is 4.97. The molecule has 0 radical (unpaired) electrons. The highest BCUT2D eigenvalue weighted by molar-refractivity contribution is 5.73. The van der Waals surface area contributed by atoms with Crippen molar-refractivity contribution in [1.29, 1.82) is 0 Å². The van der Waals surface area contributed by atoms with Gasteiger partial charge in [-0.15, -0.1) is 0 Å². The Hall–Kier alpha value is -0.610. The van der Waals surface area contributed by atoms with Gasteiger partial charge in [-0.2, -0.15) is 0 Å². The molecule has 3 unspecified atom stereocenters. The smallest absolute Gasteiger partial charge is 0.320 e. The number of nitrogens with two attached hydrogens (primary N) is 1. The molecule has 0 bridgehead atoms. The molecule has 0 spiro atoms. The lowest BCUT2D eigenvalue weighted by atomic mass is 9.99. The third kappa shape index (κ3) is 3.42. The predicted octanol–water partition coefficient (Wildman–Crippen LogP) is 1.69. The van der Waals surface area contributed by atoms with Crippen LogP contribution in [0.15, 0.2) is 0 Å². The van der Waals surface area contributed by atoms with E-state index in [-0.39, 0.29) is 6.04 Å². The fraction of sp³-hybridized carbons (Fsp3) is 0.923. The zero-order valence-corrected chi connectivity index (χ0v) is 11.1. The lowest BCUT2D eigenvalue weighted by Crippen LogP contribution is -2.49. The van der Waals surface area contributed by atoms with Gasteiger partial charge in [0.25, 0.3) is 0 Å². The van der Waals surface area contributed by atoms with Crippen LogP contribution in [-0.2, 0) is 4.79 Å². The van der Waals surface area contributed by atoms with Gasteiger partial charge >= 0.3 is 5.97 Å². The molecule has 0 aromatic rings. The summed E-state index contributed by atoms with van der Waals surface area (Å²) in [5, 5.41) is 9.35. The van der Waals surface area contributed by atoms with E-state index in [0.29, 0.717) is 18.5 Å². The van der Waals surface area contributed by atoms with Gasteiger partial charge in [0.15, 0.2) is 0 Å². The quantitative estimate of drug-likeness (QED) is 0.713.